The number of morpholine rings is 1. The molecule has 2 aliphatic rings. The number of nitriles is 1. The number of carbonyl (C=O) groups excluding carboxylic acids is 1. The Morgan fingerprint density at radius 1 is 1.30 bits per heavy atom. The van der Waals surface area contributed by atoms with E-state index in [0.717, 1.165) is 54.2 Å². The Morgan fingerprint density at radius 3 is 2.70 bits per heavy atom. The van der Waals surface area contributed by atoms with Crippen molar-refractivity contribution in [2.24, 2.45) is 9.98 Å². The number of amidine groups is 2. The van der Waals surface area contributed by atoms with Gasteiger partial charge in [0.25, 0.3) is 0 Å². The van der Waals surface area contributed by atoms with Gasteiger partial charge in [-0.15, -0.1) is 0 Å². The first-order valence-electron chi connectivity index (χ1n) is 12.4. The SMILES string of the molecule is C=C/C(=C\N=C(C)N1CCOCC1)CC1=CN(CCCC(=O)C#N)C(SCc2ccc(C)cc2)=NC1=C. The Kier molecular flexibility index (Phi) is 10.9. The molecule has 37 heavy (non-hydrogen) atoms. The molecular formula is C29H35N5O2S. The number of ether oxygens (including phenoxy) is 1. The summed E-state index contributed by atoms with van der Waals surface area (Å²) < 4.78 is 5.42. The number of Topliss-reactive ketones (excluding diaryl/α,β-unsaturated/α-hetero) is 1. The summed E-state index contributed by atoms with van der Waals surface area (Å²) in [5.74, 6) is 1.33. The van der Waals surface area contributed by atoms with E-state index >= 15 is 0 Å². The van der Waals surface area contributed by atoms with Gasteiger partial charge in [-0.2, -0.15) is 5.26 Å². The zero-order valence-electron chi connectivity index (χ0n) is 21.8. The minimum absolute atomic E-state index is 0.223. The highest BCUT2D eigenvalue weighted by molar-refractivity contribution is 8.13. The second-order valence-corrected chi connectivity index (χ2v) is 9.90. The number of nitrogens with zero attached hydrogens (tertiary/aromatic N) is 5. The maximum atomic E-state index is 11.5. The van der Waals surface area contributed by atoms with Crippen LogP contribution in [0.2, 0.25) is 0 Å². The van der Waals surface area contributed by atoms with Crippen molar-refractivity contribution < 1.29 is 9.53 Å². The molecule has 0 N–H and O–H groups in total. The number of hydrogen-bond acceptors (Lipinski definition) is 7. The van der Waals surface area contributed by atoms with Gasteiger partial charge in [0.1, 0.15) is 11.9 Å². The fourth-order valence-electron chi connectivity index (χ4n) is 3.83. The topological polar surface area (TPSA) is 81.3 Å². The van der Waals surface area contributed by atoms with Crippen LogP contribution in [0, 0.1) is 18.3 Å². The second kappa shape index (κ2) is 14.4. The fraction of sp³-hybridized carbons (Fsp3) is 0.379. The number of hydrogen-bond donors (Lipinski definition) is 0. The third kappa shape index (κ3) is 8.88. The van der Waals surface area contributed by atoms with Crippen LogP contribution in [0.5, 0.6) is 0 Å². The van der Waals surface area contributed by atoms with Gasteiger partial charge in [0.05, 0.1) is 18.9 Å². The molecule has 0 unspecified atom stereocenters. The maximum absolute atomic E-state index is 11.5. The molecule has 194 valence electrons. The van der Waals surface area contributed by atoms with Crippen molar-refractivity contribution in [3.05, 3.63) is 83.9 Å². The minimum Gasteiger partial charge on any atom is -0.378 e. The van der Waals surface area contributed by atoms with Crippen LogP contribution in [0.3, 0.4) is 0 Å². The normalized spacial score (nSPS) is 16.7. The quantitative estimate of drug-likeness (QED) is 0.179. The zero-order chi connectivity index (χ0) is 26.6. The van der Waals surface area contributed by atoms with Gasteiger partial charge in [0.15, 0.2) is 5.17 Å². The summed E-state index contributed by atoms with van der Waals surface area (Å²) in [6.45, 7) is 16.0. The first-order chi connectivity index (χ1) is 17.9. The van der Waals surface area contributed by atoms with Gasteiger partial charge in [-0.25, -0.2) is 9.98 Å². The van der Waals surface area contributed by atoms with Gasteiger partial charge in [-0.1, -0.05) is 60.8 Å². The molecule has 2 aliphatic heterocycles. The Bertz CT molecular complexity index is 1150. The fourth-order valence-corrected chi connectivity index (χ4v) is 4.80. The highest BCUT2D eigenvalue weighted by Gasteiger charge is 2.20. The van der Waals surface area contributed by atoms with Crippen LogP contribution in [-0.4, -0.2) is 59.4 Å². The van der Waals surface area contributed by atoms with E-state index in [1.807, 2.05) is 19.2 Å². The van der Waals surface area contributed by atoms with Gasteiger partial charge >= 0.3 is 0 Å². The maximum Gasteiger partial charge on any atom is 0.232 e. The van der Waals surface area contributed by atoms with Crippen LogP contribution in [0.4, 0.5) is 0 Å². The molecule has 0 aromatic heterocycles. The van der Waals surface area contributed by atoms with Crippen molar-refractivity contribution in [3.8, 4) is 6.07 Å². The lowest BCUT2D eigenvalue weighted by Crippen LogP contribution is -2.39. The molecule has 3 rings (SSSR count). The summed E-state index contributed by atoms with van der Waals surface area (Å²) in [6, 6.07) is 10.2. The number of rotatable bonds is 10. The van der Waals surface area contributed by atoms with Crippen molar-refractivity contribution in [3.63, 3.8) is 0 Å². The molecule has 7 nitrogen and oxygen atoms in total. The predicted octanol–water partition coefficient (Wildman–Crippen LogP) is 5.38. The average Bonchev–Trinajstić information content (AvgIpc) is 2.92. The predicted molar refractivity (Wildman–Crippen MR) is 152 cm³/mol. The molecule has 0 amide bonds. The van der Waals surface area contributed by atoms with Gasteiger partial charge in [0, 0.05) is 50.6 Å². The summed E-state index contributed by atoms with van der Waals surface area (Å²) in [5, 5.41) is 9.67. The van der Waals surface area contributed by atoms with E-state index in [1.54, 1.807) is 17.8 Å². The van der Waals surface area contributed by atoms with Crippen LogP contribution in [0.1, 0.15) is 37.3 Å². The number of allylic oxidation sites excluding steroid dienone is 3. The van der Waals surface area contributed by atoms with E-state index in [4.69, 9.17) is 15.0 Å². The van der Waals surface area contributed by atoms with Crippen LogP contribution in [0.25, 0.3) is 0 Å². The molecule has 0 bridgehead atoms. The minimum atomic E-state index is -0.401. The van der Waals surface area contributed by atoms with Crippen molar-refractivity contribution in [2.75, 3.05) is 32.8 Å². The highest BCUT2D eigenvalue weighted by atomic mass is 32.2. The zero-order valence-corrected chi connectivity index (χ0v) is 22.6. The molecule has 1 saturated heterocycles. The van der Waals surface area contributed by atoms with E-state index in [0.29, 0.717) is 25.1 Å². The summed E-state index contributed by atoms with van der Waals surface area (Å²) in [5.41, 5.74) is 5.08. The van der Waals surface area contributed by atoms with Gasteiger partial charge < -0.3 is 14.5 Å². The largest absolute Gasteiger partial charge is 0.378 e. The third-order valence-electron chi connectivity index (χ3n) is 6.12. The number of benzene rings is 1. The molecule has 8 heteroatoms. The Morgan fingerprint density at radius 2 is 2.03 bits per heavy atom. The third-order valence-corrected chi connectivity index (χ3v) is 7.18. The van der Waals surface area contributed by atoms with Crippen molar-refractivity contribution >= 4 is 28.5 Å². The molecule has 0 saturated carbocycles. The van der Waals surface area contributed by atoms with Crippen molar-refractivity contribution in [1.29, 1.82) is 5.26 Å². The Labute approximate surface area is 224 Å². The second-order valence-electron chi connectivity index (χ2n) is 8.96. The van der Waals surface area contributed by atoms with E-state index < -0.39 is 5.78 Å². The molecule has 0 atom stereocenters. The van der Waals surface area contributed by atoms with Crippen LogP contribution in [0.15, 0.2) is 82.7 Å². The molecule has 0 radical (unpaired) electrons. The van der Waals surface area contributed by atoms with Crippen LogP contribution < -0.4 is 0 Å². The molecule has 1 aromatic rings. The van der Waals surface area contributed by atoms with Gasteiger partial charge in [0.2, 0.25) is 5.78 Å². The Balaban J connectivity index is 1.73. The molecule has 1 aromatic carbocycles. The molecule has 1 fully saturated rings. The summed E-state index contributed by atoms with van der Waals surface area (Å²) in [6.07, 6.45) is 7.11. The summed E-state index contributed by atoms with van der Waals surface area (Å²) >= 11 is 1.64. The number of carbonyl (C=O) groups is 1. The standard InChI is InChI=1S/C29H35N5O2S/c1-5-25(19-31-24(4)33-13-15-36-16-14-33)17-27-20-34(12-6-7-28(35)18-30)29(32-23(27)3)37-21-26-10-8-22(2)9-11-26/h5,8-11,19-20H,1,3,6-7,12-17,21H2,2,4H3/b25-19+,31-24?. The number of aliphatic imine (C=N–C) groups is 2. The smallest absolute Gasteiger partial charge is 0.232 e. The first kappa shape index (κ1) is 28.2. The molecule has 0 aliphatic carbocycles. The molecular weight excluding hydrogens is 482 g/mol. The lowest BCUT2D eigenvalue weighted by Gasteiger charge is -2.28. The van der Waals surface area contributed by atoms with Crippen molar-refractivity contribution in [2.45, 2.75) is 38.9 Å². The lowest BCUT2D eigenvalue weighted by atomic mass is 10.0. The highest BCUT2D eigenvalue weighted by Crippen LogP contribution is 2.29. The lowest BCUT2D eigenvalue weighted by molar-refractivity contribution is -0.114. The molecule has 2 heterocycles. The number of thioether (sulfide) groups is 1. The first-order valence-corrected chi connectivity index (χ1v) is 13.4. The summed E-state index contributed by atoms with van der Waals surface area (Å²) in [4.78, 5) is 25.3. The monoisotopic (exact) mass is 517 g/mol. The number of aryl methyl sites for hydroxylation is 1. The Hall–Kier alpha value is -3.41. The van der Waals surface area contributed by atoms with Gasteiger partial charge in [-0.05, 0) is 37.0 Å². The average molecular weight is 518 g/mol. The summed E-state index contributed by atoms with van der Waals surface area (Å²) in [7, 11) is 0. The van der Waals surface area contributed by atoms with Crippen molar-refractivity contribution in [1.82, 2.24) is 9.80 Å². The van der Waals surface area contributed by atoms with E-state index in [2.05, 4.69) is 65.3 Å². The number of ketones is 1. The molecule has 0 spiro atoms. The van der Waals surface area contributed by atoms with E-state index in [1.165, 1.54) is 11.1 Å². The van der Waals surface area contributed by atoms with E-state index in [-0.39, 0.29) is 6.42 Å². The van der Waals surface area contributed by atoms with Crippen LogP contribution >= 0.6 is 11.8 Å². The van der Waals surface area contributed by atoms with E-state index in [9.17, 15) is 4.79 Å². The van der Waals surface area contributed by atoms with Crippen LogP contribution in [-0.2, 0) is 15.3 Å². The van der Waals surface area contributed by atoms with Gasteiger partial charge in [-0.3, -0.25) is 4.79 Å².